The van der Waals surface area contributed by atoms with E-state index in [4.69, 9.17) is 4.98 Å². The Labute approximate surface area is 220 Å². The molecule has 6 rings (SSSR count). The van der Waals surface area contributed by atoms with Crippen LogP contribution in [-0.4, -0.2) is 26.2 Å². The van der Waals surface area contributed by atoms with E-state index in [0.717, 1.165) is 56.1 Å². The molecule has 0 aliphatic heterocycles. The summed E-state index contributed by atoms with van der Waals surface area (Å²) < 4.78 is 2.70. The second-order valence-corrected chi connectivity index (χ2v) is 12.4. The van der Waals surface area contributed by atoms with E-state index < -0.39 is 0 Å². The molecule has 9 heteroatoms. The van der Waals surface area contributed by atoms with Gasteiger partial charge in [-0.15, -0.1) is 22.7 Å². The van der Waals surface area contributed by atoms with E-state index in [2.05, 4.69) is 17.2 Å². The lowest BCUT2D eigenvalue weighted by molar-refractivity contribution is -0.113. The van der Waals surface area contributed by atoms with E-state index >= 15 is 0 Å². The second kappa shape index (κ2) is 9.46. The molecule has 36 heavy (non-hydrogen) atoms. The van der Waals surface area contributed by atoms with Crippen LogP contribution in [0.15, 0.2) is 58.5 Å². The van der Waals surface area contributed by atoms with E-state index in [1.165, 1.54) is 22.2 Å². The normalized spacial score (nSPS) is 15.3. The first-order valence-corrected chi connectivity index (χ1v) is 14.5. The summed E-state index contributed by atoms with van der Waals surface area (Å²) in [6, 6.07) is 15.3. The minimum absolute atomic E-state index is 0.0489. The first-order valence-electron chi connectivity index (χ1n) is 11.9. The summed E-state index contributed by atoms with van der Waals surface area (Å²) in [6.45, 7) is 4.23. The first-order chi connectivity index (χ1) is 17.5. The smallest absolute Gasteiger partial charge is 0.267 e. The largest absolute Gasteiger partial charge is 0.325 e. The van der Waals surface area contributed by atoms with Crippen LogP contribution in [0.4, 0.5) is 5.69 Å². The number of nitrogens with one attached hydrogen (secondary N) is 1. The van der Waals surface area contributed by atoms with Gasteiger partial charge in [-0.1, -0.05) is 36.9 Å². The van der Waals surface area contributed by atoms with Gasteiger partial charge in [0.2, 0.25) is 5.91 Å². The highest BCUT2D eigenvalue weighted by Crippen LogP contribution is 2.37. The molecular formula is C27H24N4O2S3. The lowest BCUT2D eigenvalue weighted by atomic mass is 9.89. The minimum Gasteiger partial charge on any atom is -0.325 e. The van der Waals surface area contributed by atoms with Gasteiger partial charge in [0.15, 0.2) is 5.16 Å². The number of rotatable bonds is 5. The van der Waals surface area contributed by atoms with E-state index in [-0.39, 0.29) is 17.2 Å². The number of aromatic nitrogens is 3. The number of hydrogen-bond acceptors (Lipinski definition) is 7. The molecule has 1 aliphatic rings. The average molecular weight is 533 g/mol. The molecule has 182 valence electrons. The first kappa shape index (κ1) is 23.4. The summed E-state index contributed by atoms with van der Waals surface area (Å²) in [6.07, 6.45) is 3.00. The van der Waals surface area contributed by atoms with Crippen LogP contribution in [0, 0.1) is 12.8 Å². The lowest BCUT2D eigenvalue weighted by Gasteiger charge is -2.17. The van der Waals surface area contributed by atoms with Crippen molar-refractivity contribution in [2.75, 3.05) is 11.1 Å². The zero-order valence-electron chi connectivity index (χ0n) is 19.9. The van der Waals surface area contributed by atoms with Crippen LogP contribution in [0.25, 0.3) is 26.1 Å². The number of thioether (sulfide) groups is 1. The summed E-state index contributed by atoms with van der Waals surface area (Å²) >= 11 is 4.52. The summed E-state index contributed by atoms with van der Waals surface area (Å²) in [4.78, 5) is 38.2. The number of para-hydroxylation sites is 1. The number of amides is 1. The number of hydrogen-bond donors (Lipinski definition) is 1. The zero-order valence-corrected chi connectivity index (χ0v) is 22.4. The number of thiazole rings is 1. The number of anilines is 1. The molecule has 0 spiro atoms. The monoisotopic (exact) mass is 532 g/mol. The summed E-state index contributed by atoms with van der Waals surface area (Å²) in [5.41, 5.74) is 3.54. The Bertz CT molecular complexity index is 1670. The van der Waals surface area contributed by atoms with E-state index in [1.807, 2.05) is 55.5 Å². The topological polar surface area (TPSA) is 76.9 Å². The van der Waals surface area contributed by atoms with Gasteiger partial charge in [-0.25, -0.2) is 9.97 Å². The van der Waals surface area contributed by atoms with E-state index in [9.17, 15) is 9.59 Å². The molecule has 5 aromatic rings. The fourth-order valence-electron chi connectivity index (χ4n) is 4.72. The quantitative estimate of drug-likeness (QED) is 0.215. The van der Waals surface area contributed by atoms with Gasteiger partial charge in [0.05, 0.1) is 32.1 Å². The van der Waals surface area contributed by atoms with Crippen LogP contribution in [-0.2, 0) is 17.6 Å². The highest BCUT2D eigenvalue weighted by atomic mass is 32.2. The fourth-order valence-corrected chi connectivity index (χ4v) is 7.82. The molecule has 1 unspecified atom stereocenters. The number of thiophene rings is 1. The average Bonchev–Trinajstić information content (AvgIpc) is 3.41. The highest BCUT2D eigenvalue weighted by Gasteiger charge is 2.25. The van der Waals surface area contributed by atoms with Crippen molar-refractivity contribution in [2.45, 2.75) is 38.3 Å². The molecule has 3 heterocycles. The van der Waals surface area contributed by atoms with Gasteiger partial charge in [-0.05, 0) is 68.0 Å². The van der Waals surface area contributed by atoms with Gasteiger partial charge in [-0.2, -0.15) is 0 Å². The number of fused-ring (bicyclic) bond motifs is 4. The Hall–Kier alpha value is -3.01. The molecule has 0 bridgehead atoms. The minimum atomic E-state index is -0.145. The molecule has 0 saturated heterocycles. The van der Waals surface area contributed by atoms with Crippen molar-refractivity contribution in [3.63, 3.8) is 0 Å². The summed E-state index contributed by atoms with van der Waals surface area (Å²) in [5, 5.41) is 5.25. The van der Waals surface area contributed by atoms with Gasteiger partial charge < -0.3 is 5.32 Å². The SMILES string of the molecule is Cc1nc2ccc(NC(=O)CSc3nc4sc5c(c4c(=O)n3-c3ccccc3)CCC(C)C5)cc2s1. The lowest BCUT2D eigenvalue weighted by Crippen LogP contribution is -2.23. The zero-order chi connectivity index (χ0) is 24.8. The summed E-state index contributed by atoms with van der Waals surface area (Å²) in [7, 11) is 0. The van der Waals surface area contributed by atoms with Crippen LogP contribution in [0.1, 0.15) is 28.8 Å². The predicted molar refractivity (Wildman–Crippen MR) is 150 cm³/mol. The molecule has 1 amide bonds. The molecule has 0 radical (unpaired) electrons. The molecule has 2 aromatic carbocycles. The van der Waals surface area contributed by atoms with Crippen molar-refractivity contribution in [2.24, 2.45) is 5.92 Å². The predicted octanol–water partition coefficient (Wildman–Crippen LogP) is 6.22. The molecule has 0 saturated carbocycles. The molecule has 6 nitrogen and oxygen atoms in total. The van der Waals surface area contributed by atoms with Crippen molar-refractivity contribution in [3.8, 4) is 5.69 Å². The fraction of sp³-hybridized carbons (Fsp3) is 0.259. The molecule has 3 aromatic heterocycles. The van der Waals surface area contributed by atoms with Crippen LogP contribution >= 0.6 is 34.4 Å². The molecule has 1 atom stereocenters. The Morgan fingerprint density at radius 3 is 2.83 bits per heavy atom. The molecule has 0 fully saturated rings. The van der Waals surface area contributed by atoms with E-state index in [0.29, 0.717) is 11.1 Å². The number of aryl methyl sites for hydroxylation is 2. The van der Waals surface area contributed by atoms with Gasteiger partial charge in [0.25, 0.3) is 5.56 Å². The van der Waals surface area contributed by atoms with Crippen molar-refractivity contribution in [3.05, 3.63) is 74.3 Å². The van der Waals surface area contributed by atoms with Crippen molar-refractivity contribution in [1.29, 1.82) is 0 Å². The third-order valence-corrected chi connectivity index (χ3v) is 9.44. The Kier molecular flexibility index (Phi) is 6.15. The van der Waals surface area contributed by atoms with Crippen LogP contribution in [0.3, 0.4) is 0 Å². The van der Waals surface area contributed by atoms with Crippen LogP contribution in [0.2, 0.25) is 0 Å². The Morgan fingerprint density at radius 2 is 2.00 bits per heavy atom. The highest BCUT2D eigenvalue weighted by molar-refractivity contribution is 7.99. The Morgan fingerprint density at radius 1 is 1.17 bits per heavy atom. The summed E-state index contributed by atoms with van der Waals surface area (Å²) in [5.74, 6) is 0.619. The van der Waals surface area contributed by atoms with Crippen molar-refractivity contribution < 1.29 is 4.79 Å². The maximum absolute atomic E-state index is 13.8. The van der Waals surface area contributed by atoms with Gasteiger partial charge >= 0.3 is 0 Å². The molecular weight excluding hydrogens is 509 g/mol. The van der Waals surface area contributed by atoms with Crippen LogP contribution < -0.4 is 10.9 Å². The second-order valence-electron chi connectivity index (χ2n) is 9.15. The maximum atomic E-state index is 13.8. The molecule has 1 N–H and O–H groups in total. The van der Waals surface area contributed by atoms with Gasteiger partial charge in [-0.3, -0.25) is 14.2 Å². The van der Waals surface area contributed by atoms with Gasteiger partial charge in [0.1, 0.15) is 4.83 Å². The third kappa shape index (κ3) is 4.36. The van der Waals surface area contributed by atoms with Crippen molar-refractivity contribution in [1.82, 2.24) is 14.5 Å². The van der Waals surface area contributed by atoms with Crippen molar-refractivity contribution >= 4 is 66.5 Å². The number of nitrogens with zero attached hydrogens (tertiary/aromatic N) is 3. The standard InChI is InChI=1S/C27H24N4O2S3/c1-15-8-10-19-21(12-15)36-25-24(19)26(33)31(18-6-4-3-5-7-18)27(30-25)34-14-23(32)29-17-9-11-20-22(13-17)35-16(2)28-20/h3-7,9,11,13,15H,8,10,12,14H2,1-2H3,(H,29,32). The van der Waals surface area contributed by atoms with Crippen LogP contribution in [0.5, 0.6) is 0 Å². The van der Waals surface area contributed by atoms with Gasteiger partial charge in [0, 0.05) is 10.6 Å². The number of carbonyl (C=O) groups excluding carboxylic acids is 1. The number of carbonyl (C=O) groups is 1. The third-order valence-electron chi connectivity index (χ3n) is 6.42. The Balaban J connectivity index is 1.32. The van der Waals surface area contributed by atoms with E-state index in [1.54, 1.807) is 27.2 Å². The molecule has 1 aliphatic carbocycles. The number of benzene rings is 2. The maximum Gasteiger partial charge on any atom is 0.267 e.